The first-order chi connectivity index (χ1) is 25.1. The number of carbonyl (C=O) groups excluding carboxylic acids is 1. The summed E-state index contributed by atoms with van der Waals surface area (Å²) in [5.74, 6) is -1.07. The van der Waals surface area contributed by atoms with Crippen LogP contribution in [0.5, 0.6) is 0 Å². The number of rotatable bonds is 10. The smallest absolute Gasteiger partial charge is 0.332 e. The highest BCUT2D eigenvalue weighted by molar-refractivity contribution is 6.30. The summed E-state index contributed by atoms with van der Waals surface area (Å²) in [5.41, 5.74) is 6.63. The summed E-state index contributed by atoms with van der Waals surface area (Å²) in [7, 11) is 5.77. The van der Waals surface area contributed by atoms with Gasteiger partial charge in [-0.15, -0.1) is 0 Å². The molecule has 0 aliphatic carbocycles. The van der Waals surface area contributed by atoms with Crippen molar-refractivity contribution in [2.45, 2.75) is 38.8 Å². The lowest BCUT2D eigenvalue weighted by molar-refractivity contribution is -0.137. The zero-order valence-corrected chi connectivity index (χ0v) is 31.0. The molecule has 53 heavy (non-hydrogen) atoms. The van der Waals surface area contributed by atoms with Crippen molar-refractivity contribution >= 4 is 57.3 Å². The molecule has 0 atom stereocenters. The highest BCUT2D eigenvalue weighted by Crippen LogP contribution is 2.13. The van der Waals surface area contributed by atoms with Crippen LogP contribution in [0.2, 0.25) is 10.0 Å². The van der Waals surface area contributed by atoms with E-state index in [0.717, 1.165) is 32.6 Å². The normalized spacial score (nSPS) is 10.8. The Hall–Kier alpha value is -5.58. The summed E-state index contributed by atoms with van der Waals surface area (Å²) in [4.78, 5) is 78.7. The van der Waals surface area contributed by atoms with Crippen LogP contribution >= 0.6 is 23.2 Å². The number of nitrogens with two attached hydrogens (primary N) is 1. The number of hydrogen-bond donors (Lipinski definition) is 2. The second kappa shape index (κ2) is 17.8. The summed E-state index contributed by atoms with van der Waals surface area (Å²) in [6, 6.07) is 15.3. The largest absolute Gasteiger partial charge is 0.480 e. The van der Waals surface area contributed by atoms with Crippen molar-refractivity contribution in [3.8, 4) is 0 Å². The fourth-order valence-electron chi connectivity index (χ4n) is 5.41. The second-order valence-corrected chi connectivity index (χ2v) is 13.0. The quantitative estimate of drug-likeness (QED) is 0.208. The topological polar surface area (TPSA) is 204 Å². The van der Waals surface area contributed by atoms with Gasteiger partial charge in [0.1, 0.15) is 6.54 Å². The number of fused-ring (bicyclic) bond motifs is 2. The number of carbonyl (C=O) groups is 2. The molecule has 2 aromatic carbocycles. The van der Waals surface area contributed by atoms with Gasteiger partial charge < -0.3 is 20.0 Å². The van der Waals surface area contributed by atoms with Gasteiger partial charge in [-0.25, -0.2) is 19.6 Å². The highest BCUT2D eigenvalue weighted by Gasteiger charge is 2.17. The lowest BCUT2D eigenvalue weighted by Gasteiger charge is -2.06. The average Bonchev–Trinajstić information content (AvgIpc) is 3.75. The molecule has 0 spiro atoms. The Morgan fingerprint density at radius 2 is 1.08 bits per heavy atom. The summed E-state index contributed by atoms with van der Waals surface area (Å²) >= 11 is 11.5. The number of imidazole rings is 2. The van der Waals surface area contributed by atoms with Gasteiger partial charge in [-0.2, -0.15) is 0 Å². The summed E-state index contributed by atoms with van der Waals surface area (Å²) in [5, 5.41) is 10.2. The van der Waals surface area contributed by atoms with E-state index in [2.05, 4.69) is 9.97 Å². The van der Waals surface area contributed by atoms with E-state index < -0.39 is 28.5 Å². The van der Waals surface area contributed by atoms with Gasteiger partial charge >= 0.3 is 17.3 Å². The molecule has 0 unspecified atom stereocenters. The standard InChI is InChI=1S/C18H19ClN4O3.C9H10N4O4.C8H10ClN/c1-21-16-15(17(25)22(2)18(21)26)23(11-20-16)10-14(24)5-3-4-12-6-8-13(19)9-7-12;1-11-7-6(8(16)12(2)9(11)17)13(4-10-7)3-5(14)15;9-8-3-1-7(2-4-8)5-6-10/h6-9,11H,3-5,10H2,1-2H3;4H,3H2,1-2H3,(H,14,15);1-4H,5-6,10H2. The maximum absolute atomic E-state index is 12.4. The van der Waals surface area contributed by atoms with Crippen molar-refractivity contribution in [1.82, 2.24) is 37.4 Å². The molecule has 0 saturated heterocycles. The van der Waals surface area contributed by atoms with Crippen LogP contribution in [-0.4, -0.2) is 60.8 Å². The third-order valence-electron chi connectivity index (χ3n) is 8.27. The van der Waals surface area contributed by atoms with Crippen molar-refractivity contribution < 1.29 is 14.7 Å². The van der Waals surface area contributed by atoms with Crippen LogP contribution in [-0.2, 0) is 63.7 Å². The van der Waals surface area contributed by atoms with Crippen molar-refractivity contribution in [2.24, 2.45) is 33.9 Å². The Labute approximate surface area is 311 Å². The predicted octanol–water partition coefficient (Wildman–Crippen LogP) is 2.04. The minimum absolute atomic E-state index is 0.00849. The van der Waals surface area contributed by atoms with E-state index in [1.807, 2.05) is 48.5 Å². The molecule has 3 N–H and O–H groups in total. The number of benzene rings is 2. The molecule has 18 heteroatoms. The molecule has 0 saturated carbocycles. The Morgan fingerprint density at radius 3 is 1.49 bits per heavy atom. The number of aliphatic carboxylic acids is 1. The molecule has 6 rings (SSSR count). The second-order valence-electron chi connectivity index (χ2n) is 12.1. The van der Waals surface area contributed by atoms with Gasteiger partial charge in [-0.05, 0) is 61.2 Å². The Balaban J connectivity index is 0.000000198. The number of aryl methyl sites for hydroxylation is 3. The number of carboxylic acids is 1. The Bertz CT molecular complexity index is 2490. The minimum atomic E-state index is -1.08. The van der Waals surface area contributed by atoms with E-state index >= 15 is 0 Å². The molecule has 4 heterocycles. The van der Waals surface area contributed by atoms with Crippen molar-refractivity contribution in [3.63, 3.8) is 0 Å². The third kappa shape index (κ3) is 9.65. The van der Waals surface area contributed by atoms with Crippen LogP contribution in [0, 0.1) is 0 Å². The molecule has 0 aliphatic rings. The molecule has 0 amide bonds. The van der Waals surface area contributed by atoms with Gasteiger partial charge in [0.2, 0.25) is 0 Å². The van der Waals surface area contributed by atoms with Crippen LogP contribution in [0.25, 0.3) is 22.3 Å². The molecule has 6 aromatic rings. The maximum Gasteiger partial charge on any atom is 0.332 e. The molecular weight excluding hydrogens is 729 g/mol. The van der Waals surface area contributed by atoms with Gasteiger partial charge in [-0.3, -0.25) is 37.4 Å². The molecule has 0 bridgehead atoms. The van der Waals surface area contributed by atoms with Gasteiger partial charge in [0.05, 0.1) is 19.2 Å². The predicted molar refractivity (Wildman–Crippen MR) is 202 cm³/mol. The highest BCUT2D eigenvalue weighted by atomic mass is 35.5. The van der Waals surface area contributed by atoms with E-state index in [-0.39, 0.29) is 41.2 Å². The van der Waals surface area contributed by atoms with E-state index in [1.54, 1.807) is 7.05 Å². The Kier molecular flexibility index (Phi) is 13.5. The number of aromatic nitrogens is 8. The zero-order chi connectivity index (χ0) is 39.0. The first-order valence-electron chi connectivity index (χ1n) is 16.3. The molecule has 280 valence electrons. The van der Waals surface area contributed by atoms with E-state index in [4.69, 9.17) is 34.0 Å². The fraction of sp³-hybridized carbons (Fsp3) is 0.314. The number of halogens is 2. The van der Waals surface area contributed by atoms with E-state index in [9.17, 15) is 28.8 Å². The monoisotopic (exact) mass is 767 g/mol. The average molecular weight is 769 g/mol. The fourth-order valence-corrected chi connectivity index (χ4v) is 5.66. The molecule has 16 nitrogen and oxygen atoms in total. The van der Waals surface area contributed by atoms with Crippen LogP contribution in [0.1, 0.15) is 24.0 Å². The lowest BCUT2D eigenvalue weighted by atomic mass is 10.1. The van der Waals surface area contributed by atoms with Crippen molar-refractivity contribution in [2.75, 3.05) is 6.54 Å². The van der Waals surface area contributed by atoms with E-state index in [0.29, 0.717) is 24.4 Å². The molecular formula is C35H39Cl2N9O7. The first-order valence-corrected chi connectivity index (χ1v) is 17.0. The molecule has 0 aliphatic heterocycles. The van der Waals surface area contributed by atoms with Crippen LogP contribution < -0.4 is 28.2 Å². The van der Waals surface area contributed by atoms with Crippen molar-refractivity contribution in [1.29, 1.82) is 0 Å². The molecule has 4 aromatic heterocycles. The maximum atomic E-state index is 12.4. The van der Waals surface area contributed by atoms with Gasteiger partial charge in [0, 0.05) is 44.7 Å². The Morgan fingerprint density at radius 1 is 0.660 bits per heavy atom. The first kappa shape index (κ1) is 40.2. The summed E-state index contributed by atoms with van der Waals surface area (Å²) in [6.07, 6.45) is 5.49. The number of Topliss-reactive ketones (excluding diaryl/α,β-unsaturated/α-hetero) is 1. The van der Waals surface area contributed by atoms with Gasteiger partial charge in [0.15, 0.2) is 28.1 Å². The van der Waals surface area contributed by atoms with Crippen LogP contribution in [0.4, 0.5) is 0 Å². The number of nitrogens with zero attached hydrogens (tertiary/aromatic N) is 8. The summed E-state index contributed by atoms with van der Waals surface area (Å²) in [6.45, 7) is 0.385. The molecule has 0 radical (unpaired) electrons. The van der Waals surface area contributed by atoms with Crippen molar-refractivity contribution in [3.05, 3.63) is 124 Å². The van der Waals surface area contributed by atoms with E-state index in [1.165, 1.54) is 57.6 Å². The lowest BCUT2D eigenvalue weighted by Crippen LogP contribution is -2.37. The SMILES string of the molecule is Cn1c(=O)c2c(ncn2CC(=O)CCCc2ccc(Cl)cc2)n(C)c1=O.Cn1c(=O)c2c(ncn2CC(=O)O)n(C)c1=O.NCCc1ccc(Cl)cc1. The zero-order valence-electron chi connectivity index (χ0n) is 29.5. The number of ketones is 1. The summed E-state index contributed by atoms with van der Waals surface area (Å²) < 4.78 is 7.17. The number of hydrogen-bond acceptors (Lipinski definition) is 9. The van der Waals surface area contributed by atoms with Gasteiger partial charge in [-0.1, -0.05) is 47.5 Å². The minimum Gasteiger partial charge on any atom is -0.480 e. The van der Waals surface area contributed by atoms with Crippen LogP contribution in [0.3, 0.4) is 0 Å². The number of carboxylic acid groups (broad SMARTS) is 1. The third-order valence-corrected chi connectivity index (χ3v) is 8.77. The van der Waals surface area contributed by atoms with Crippen LogP contribution in [0.15, 0.2) is 80.4 Å². The molecule has 0 fully saturated rings. The van der Waals surface area contributed by atoms with Gasteiger partial charge in [0.25, 0.3) is 11.1 Å².